The highest BCUT2D eigenvalue weighted by atomic mass is 32.1. The fraction of sp³-hybridized carbons (Fsp3) is 0.742. The molecule has 0 radical (unpaired) electrons. The van der Waals surface area contributed by atoms with Crippen LogP contribution in [0.25, 0.3) is 10.6 Å². The van der Waals surface area contributed by atoms with Gasteiger partial charge < -0.3 is 4.74 Å². The maximum Gasteiger partial charge on any atom is 0.147 e. The van der Waals surface area contributed by atoms with Crippen LogP contribution in [-0.2, 0) is 6.42 Å². The monoisotopic (exact) mass is 498 g/mol. The minimum atomic E-state index is 0.831. The van der Waals surface area contributed by atoms with Crippen molar-refractivity contribution >= 4 is 11.3 Å². The number of hydrogen-bond donors (Lipinski definition) is 0. The maximum atomic E-state index is 6.05. The molecule has 3 rings (SSSR count). The predicted octanol–water partition coefficient (Wildman–Crippen LogP) is 10.0. The second-order valence-corrected chi connectivity index (χ2v) is 11.8. The van der Waals surface area contributed by atoms with Crippen molar-refractivity contribution in [1.82, 2.24) is 10.2 Å². The Morgan fingerprint density at radius 1 is 0.714 bits per heavy atom. The second kappa shape index (κ2) is 17.1. The van der Waals surface area contributed by atoms with Gasteiger partial charge in [0.2, 0.25) is 0 Å². The molecule has 0 saturated heterocycles. The van der Waals surface area contributed by atoms with Crippen LogP contribution in [0.3, 0.4) is 0 Å². The van der Waals surface area contributed by atoms with E-state index in [1.807, 2.05) is 0 Å². The van der Waals surface area contributed by atoms with Gasteiger partial charge in [-0.25, -0.2) is 0 Å². The molecule has 3 nitrogen and oxygen atoms in total. The van der Waals surface area contributed by atoms with Gasteiger partial charge in [-0.05, 0) is 55.4 Å². The third-order valence-corrected chi connectivity index (χ3v) is 8.80. The third kappa shape index (κ3) is 11.0. The molecule has 2 aromatic rings. The van der Waals surface area contributed by atoms with Gasteiger partial charge in [0.05, 0.1) is 6.61 Å². The summed E-state index contributed by atoms with van der Waals surface area (Å²) in [4.78, 5) is 0. The molecule has 4 heteroatoms. The van der Waals surface area contributed by atoms with Gasteiger partial charge >= 0.3 is 0 Å². The van der Waals surface area contributed by atoms with Crippen molar-refractivity contribution in [3.63, 3.8) is 0 Å². The van der Waals surface area contributed by atoms with Gasteiger partial charge in [-0.3, -0.25) is 0 Å². The van der Waals surface area contributed by atoms with Crippen LogP contribution < -0.4 is 4.74 Å². The average molecular weight is 499 g/mol. The van der Waals surface area contributed by atoms with Gasteiger partial charge in [0, 0.05) is 12.0 Å². The summed E-state index contributed by atoms with van der Waals surface area (Å²) in [5, 5.41) is 11.1. The minimum Gasteiger partial charge on any atom is -0.494 e. The summed E-state index contributed by atoms with van der Waals surface area (Å²) in [7, 11) is 0. The van der Waals surface area contributed by atoms with Crippen molar-refractivity contribution in [2.45, 2.75) is 129 Å². The zero-order chi connectivity index (χ0) is 24.6. The number of rotatable bonds is 18. The van der Waals surface area contributed by atoms with Crippen LogP contribution in [0.5, 0.6) is 5.75 Å². The Morgan fingerprint density at radius 2 is 1.31 bits per heavy atom. The first kappa shape index (κ1) is 28.2. The van der Waals surface area contributed by atoms with E-state index in [9.17, 15) is 0 Å². The van der Waals surface area contributed by atoms with Crippen LogP contribution in [0, 0.1) is 11.8 Å². The first-order valence-corrected chi connectivity index (χ1v) is 15.7. The van der Waals surface area contributed by atoms with Crippen LogP contribution in [0.2, 0.25) is 0 Å². The Labute approximate surface area is 219 Å². The number of ether oxygens (including phenoxy) is 1. The highest BCUT2D eigenvalue weighted by Crippen LogP contribution is 2.34. The Kier molecular flexibility index (Phi) is 13.8. The molecule has 0 atom stereocenters. The Morgan fingerprint density at radius 3 is 2.00 bits per heavy atom. The van der Waals surface area contributed by atoms with Gasteiger partial charge in [0.15, 0.2) is 0 Å². The summed E-state index contributed by atoms with van der Waals surface area (Å²) in [5.74, 6) is 2.91. The molecule has 0 unspecified atom stereocenters. The summed E-state index contributed by atoms with van der Waals surface area (Å²) >= 11 is 1.74. The number of hydrogen-bond acceptors (Lipinski definition) is 4. The van der Waals surface area contributed by atoms with Crippen LogP contribution >= 0.6 is 11.3 Å². The molecule has 0 aliphatic heterocycles. The molecule has 1 aliphatic carbocycles. The zero-order valence-corrected chi connectivity index (χ0v) is 23.4. The topological polar surface area (TPSA) is 35.0 Å². The van der Waals surface area contributed by atoms with E-state index >= 15 is 0 Å². The molecule has 1 aromatic carbocycles. The van der Waals surface area contributed by atoms with E-state index in [0.717, 1.165) is 41.2 Å². The minimum absolute atomic E-state index is 0.831. The van der Waals surface area contributed by atoms with Crippen molar-refractivity contribution in [1.29, 1.82) is 0 Å². The van der Waals surface area contributed by atoms with Gasteiger partial charge in [-0.2, -0.15) is 0 Å². The Hall–Kier alpha value is -1.42. The van der Waals surface area contributed by atoms with Crippen LogP contribution in [0.1, 0.15) is 128 Å². The van der Waals surface area contributed by atoms with Gasteiger partial charge in [-0.15, -0.1) is 10.2 Å². The fourth-order valence-electron chi connectivity index (χ4n) is 5.45. The van der Waals surface area contributed by atoms with Crippen molar-refractivity contribution in [2.24, 2.45) is 11.8 Å². The molecule has 196 valence electrons. The molecule has 1 saturated carbocycles. The van der Waals surface area contributed by atoms with E-state index in [2.05, 4.69) is 48.3 Å². The number of unbranched alkanes of at least 4 members (excludes halogenated alkanes) is 8. The van der Waals surface area contributed by atoms with Crippen LogP contribution in [0.15, 0.2) is 24.3 Å². The maximum absolute atomic E-state index is 6.05. The van der Waals surface area contributed by atoms with Gasteiger partial charge in [-0.1, -0.05) is 115 Å². The van der Waals surface area contributed by atoms with E-state index in [-0.39, 0.29) is 0 Å². The molecular weight excluding hydrogens is 448 g/mol. The Bertz CT molecular complexity index is 780. The molecule has 1 aromatic heterocycles. The summed E-state index contributed by atoms with van der Waals surface area (Å²) in [5.41, 5.74) is 1.15. The summed E-state index contributed by atoms with van der Waals surface area (Å²) in [6.45, 7) is 5.41. The summed E-state index contributed by atoms with van der Waals surface area (Å²) < 4.78 is 6.05. The molecule has 1 heterocycles. The lowest BCUT2D eigenvalue weighted by atomic mass is 9.78. The molecule has 35 heavy (non-hydrogen) atoms. The smallest absolute Gasteiger partial charge is 0.147 e. The zero-order valence-electron chi connectivity index (χ0n) is 22.6. The highest BCUT2D eigenvalue weighted by molar-refractivity contribution is 7.14. The number of aromatic nitrogens is 2. The quantitative estimate of drug-likeness (QED) is 0.192. The lowest BCUT2D eigenvalue weighted by molar-refractivity contribution is 0.228. The van der Waals surface area contributed by atoms with E-state index < -0.39 is 0 Å². The van der Waals surface area contributed by atoms with E-state index in [4.69, 9.17) is 4.74 Å². The van der Waals surface area contributed by atoms with Crippen molar-refractivity contribution in [3.05, 3.63) is 29.3 Å². The molecular formula is C31H50N2OS. The van der Waals surface area contributed by atoms with Crippen molar-refractivity contribution in [3.8, 4) is 16.3 Å². The van der Waals surface area contributed by atoms with Crippen molar-refractivity contribution in [2.75, 3.05) is 6.61 Å². The van der Waals surface area contributed by atoms with E-state index in [1.54, 1.807) is 11.3 Å². The molecule has 1 aliphatic rings. The standard InChI is InChI=1S/C31H50N2OS/c1-3-5-7-8-9-10-12-16-30-32-33-31(35-30)28-21-23-29(24-22-28)34-25-13-15-27-19-17-26(18-20-27)14-11-6-4-2/h21-24,26-27H,3-20,25H2,1-2H3/t26-,27-. The molecule has 0 bridgehead atoms. The lowest BCUT2D eigenvalue weighted by Gasteiger charge is -2.28. The fourth-order valence-corrected chi connectivity index (χ4v) is 6.34. The van der Waals surface area contributed by atoms with E-state index in [0.29, 0.717) is 0 Å². The molecule has 0 amide bonds. The Balaban J connectivity index is 1.27. The number of benzene rings is 1. The molecule has 0 spiro atoms. The first-order chi connectivity index (χ1) is 17.3. The second-order valence-electron chi connectivity index (χ2n) is 10.8. The van der Waals surface area contributed by atoms with Gasteiger partial charge in [0.1, 0.15) is 15.8 Å². The summed E-state index contributed by atoms with van der Waals surface area (Å²) in [6, 6.07) is 8.45. The normalized spacial score (nSPS) is 18.1. The third-order valence-electron chi connectivity index (χ3n) is 7.77. The number of aryl methyl sites for hydroxylation is 1. The first-order valence-electron chi connectivity index (χ1n) is 14.8. The predicted molar refractivity (Wildman–Crippen MR) is 151 cm³/mol. The lowest BCUT2D eigenvalue weighted by Crippen LogP contribution is -2.15. The van der Waals surface area contributed by atoms with Crippen molar-refractivity contribution < 1.29 is 4.74 Å². The van der Waals surface area contributed by atoms with Crippen LogP contribution in [0.4, 0.5) is 0 Å². The highest BCUT2D eigenvalue weighted by Gasteiger charge is 2.20. The van der Waals surface area contributed by atoms with Gasteiger partial charge in [0.25, 0.3) is 0 Å². The largest absolute Gasteiger partial charge is 0.494 e. The summed E-state index contributed by atoms with van der Waals surface area (Å²) in [6.07, 6.45) is 24.4. The van der Waals surface area contributed by atoms with E-state index in [1.165, 1.54) is 114 Å². The molecule has 1 fully saturated rings. The SMILES string of the molecule is CCCCCCCCCc1nnc(-c2ccc(OCCC[C@H]3CC[C@H](CCCCC)CC3)cc2)s1. The molecule has 0 N–H and O–H groups in total. The average Bonchev–Trinajstić information content (AvgIpc) is 3.36. The van der Waals surface area contributed by atoms with Crippen LogP contribution in [-0.4, -0.2) is 16.8 Å². The number of nitrogens with zero attached hydrogens (tertiary/aromatic N) is 2.